The van der Waals surface area contributed by atoms with Crippen LogP contribution in [0.3, 0.4) is 0 Å². The summed E-state index contributed by atoms with van der Waals surface area (Å²) in [7, 11) is 0. The van der Waals surface area contributed by atoms with Crippen LogP contribution < -0.4 is 5.32 Å². The minimum atomic E-state index is -0.427. The lowest BCUT2D eigenvalue weighted by atomic mass is 10.0. The van der Waals surface area contributed by atoms with Gasteiger partial charge >= 0.3 is 0 Å². The van der Waals surface area contributed by atoms with Crippen molar-refractivity contribution in [1.29, 1.82) is 0 Å². The van der Waals surface area contributed by atoms with Gasteiger partial charge in [0.2, 0.25) is 0 Å². The van der Waals surface area contributed by atoms with E-state index in [9.17, 15) is 5.11 Å². The molecular weight excluding hydrogens is 392 g/mol. The summed E-state index contributed by atoms with van der Waals surface area (Å²) in [6.07, 6.45) is 21.7. The van der Waals surface area contributed by atoms with Gasteiger partial charge in [0.15, 0.2) is 0 Å². The molecule has 2 atom stereocenters. The summed E-state index contributed by atoms with van der Waals surface area (Å²) in [6.45, 7) is 6.62. The van der Waals surface area contributed by atoms with Gasteiger partial charge in [-0.1, -0.05) is 121 Å². The van der Waals surface area contributed by atoms with Gasteiger partial charge in [-0.2, -0.15) is 0 Å². The third-order valence-corrected chi connectivity index (χ3v) is 7.11. The average Bonchev–Trinajstić information content (AvgIpc) is 3.34. The Morgan fingerprint density at radius 3 is 1.78 bits per heavy atom. The zero-order chi connectivity index (χ0) is 22.7. The van der Waals surface area contributed by atoms with E-state index in [0.717, 1.165) is 18.7 Å². The number of hydrogen-bond donors (Lipinski definition) is 2. The van der Waals surface area contributed by atoms with E-state index in [1.54, 1.807) is 0 Å². The molecule has 1 aliphatic rings. The SMILES string of the molecule is CCCCCCCCCCCCCCCCNC(CN1CCCC1)C(O)c1ccccc1. The van der Waals surface area contributed by atoms with Gasteiger partial charge in [-0.25, -0.2) is 0 Å². The highest BCUT2D eigenvalue weighted by atomic mass is 16.3. The summed E-state index contributed by atoms with van der Waals surface area (Å²) in [4.78, 5) is 2.51. The Bertz CT molecular complexity index is 529. The topological polar surface area (TPSA) is 35.5 Å². The lowest BCUT2D eigenvalue weighted by Crippen LogP contribution is -2.44. The lowest BCUT2D eigenvalue weighted by Gasteiger charge is -2.29. The maximum atomic E-state index is 11.0. The van der Waals surface area contributed by atoms with E-state index in [1.807, 2.05) is 18.2 Å². The van der Waals surface area contributed by atoms with Crippen LogP contribution in [-0.2, 0) is 0 Å². The smallest absolute Gasteiger partial charge is 0.0955 e. The summed E-state index contributed by atoms with van der Waals surface area (Å²) in [5, 5.41) is 14.7. The number of likely N-dealkylation sites (tertiary alicyclic amines) is 1. The summed E-state index contributed by atoms with van der Waals surface area (Å²) in [5.41, 5.74) is 1.03. The van der Waals surface area contributed by atoms with Crippen LogP contribution in [-0.4, -0.2) is 42.2 Å². The Kier molecular flexibility index (Phi) is 15.8. The van der Waals surface area contributed by atoms with Crippen molar-refractivity contribution >= 4 is 0 Å². The molecule has 184 valence electrons. The van der Waals surface area contributed by atoms with E-state index in [2.05, 4.69) is 29.3 Å². The van der Waals surface area contributed by atoms with E-state index in [1.165, 1.54) is 116 Å². The first-order valence-corrected chi connectivity index (χ1v) is 14.0. The number of aliphatic hydroxyl groups is 1. The molecule has 0 amide bonds. The van der Waals surface area contributed by atoms with Crippen LogP contribution in [0.4, 0.5) is 0 Å². The molecule has 2 rings (SSSR count). The van der Waals surface area contributed by atoms with E-state index < -0.39 is 6.10 Å². The summed E-state index contributed by atoms with van der Waals surface area (Å²) in [6, 6.07) is 10.3. The van der Waals surface area contributed by atoms with E-state index in [0.29, 0.717) is 0 Å². The molecule has 2 unspecified atom stereocenters. The summed E-state index contributed by atoms with van der Waals surface area (Å²) < 4.78 is 0. The van der Waals surface area contributed by atoms with E-state index in [4.69, 9.17) is 0 Å². The number of rotatable bonds is 20. The minimum absolute atomic E-state index is 0.123. The normalized spacial score (nSPS) is 16.4. The Labute approximate surface area is 199 Å². The Morgan fingerprint density at radius 2 is 1.25 bits per heavy atom. The third-order valence-electron chi connectivity index (χ3n) is 7.11. The first-order chi connectivity index (χ1) is 15.8. The molecule has 3 heteroatoms. The molecule has 0 bridgehead atoms. The number of nitrogens with one attached hydrogen (secondary N) is 1. The highest BCUT2D eigenvalue weighted by molar-refractivity contribution is 5.19. The molecule has 1 aromatic carbocycles. The van der Waals surface area contributed by atoms with Gasteiger partial charge in [0, 0.05) is 12.6 Å². The summed E-state index contributed by atoms with van der Waals surface area (Å²) in [5.74, 6) is 0. The van der Waals surface area contributed by atoms with Crippen LogP contribution in [0.2, 0.25) is 0 Å². The second-order valence-electron chi connectivity index (χ2n) is 10.0. The maximum absolute atomic E-state index is 11.0. The fourth-order valence-electron chi connectivity index (χ4n) is 5.01. The molecular formula is C29H52N2O. The second-order valence-corrected chi connectivity index (χ2v) is 10.0. The standard InChI is InChI=1S/C29H52N2O/c1-2-3-4-5-6-7-8-9-10-11-12-13-14-18-23-30-28(26-31-24-19-20-25-31)29(32)27-21-16-15-17-22-27/h15-17,21-22,28-30,32H,2-14,18-20,23-26H2,1H3. The molecule has 0 spiro atoms. The number of benzene rings is 1. The Hall–Kier alpha value is -0.900. The molecule has 3 nitrogen and oxygen atoms in total. The van der Waals surface area contributed by atoms with Crippen LogP contribution in [0.1, 0.15) is 121 Å². The molecule has 1 saturated heterocycles. The van der Waals surface area contributed by atoms with Crippen LogP contribution in [0.15, 0.2) is 30.3 Å². The fourth-order valence-corrected chi connectivity index (χ4v) is 5.01. The third kappa shape index (κ3) is 12.4. The van der Waals surface area contributed by atoms with Crippen molar-refractivity contribution in [3.63, 3.8) is 0 Å². The van der Waals surface area contributed by atoms with Crippen molar-refractivity contribution in [2.75, 3.05) is 26.2 Å². The zero-order valence-electron chi connectivity index (χ0n) is 21.1. The Morgan fingerprint density at radius 1 is 0.750 bits per heavy atom. The molecule has 2 N–H and O–H groups in total. The maximum Gasteiger partial charge on any atom is 0.0955 e. The molecule has 0 saturated carbocycles. The van der Waals surface area contributed by atoms with Gasteiger partial charge in [-0.05, 0) is 44.5 Å². The quantitative estimate of drug-likeness (QED) is 0.208. The van der Waals surface area contributed by atoms with Crippen LogP contribution in [0.25, 0.3) is 0 Å². The van der Waals surface area contributed by atoms with Crippen molar-refractivity contribution in [3.8, 4) is 0 Å². The van der Waals surface area contributed by atoms with Crippen molar-refractivity contribution in [3.05, 3.63) is 35.9 Å². The monoisotopic (exact) mass is 444 g/mol. The van der Waals surface area contributed by atoms with E-state index in [-0.39, 0.29) is 6.04 Å². The van der Waals surface area contributed by atoms with Crippen molar-refractivity contribution < 1.29 is 5.11 Å². The van der Waals surface area contributed by atoms with Crippen LogP contribution >= 0.6 is 0 Å². The van der Waals surface area contributed by atoms with Gasteiger partial charge in [0.05, 0.1) is 6.10 Å². The number of nitrogens with zero attached hydrogens (tertiary/aromatic N) is 1. The zero-order valence-corrected chi connectivity index (χ0v) is 21.1. The highest BCUT2D eigenvalue weighted by Crippen LogP contribution is 2.19. The second kappa shape index (κ2) is 18.5. The van der Waals surface area contributed by atoms with Crippen LogP contribution in [0.5, 0.6) is 0 Å². The van der Waals surface area contributed by atoms with Crippen molar-refractivity contribution in [2.45, 2.75) is 122 Å². The van der Waals surface area contributed by atoms with Gasteiger partial charge in [0.1, 0.15) is 0 Å². The van der Waals surface area contributed by atoms with Gasteiger partial charge < -0.3 is 15.3 Å². The molecule has 0 radical (unpaired) electrons. The van der Waals surface area contributed by atoms with Crippen LogP contribution in [0, 0.1) is 0 Å². The summed E-state index contributed by atoms with van der Waals surface area (Å²) >= 11 is 0. The molecule has 32 heavy (non-hydrogen) atoms. The molecule has 1 heterocycles. The van der Waals surface area contributed by atoms with Gasteiger partial charge in [-0.15, -0.1) is 0 Å². The molecule has 0 aliphatic carbocycles. The number of hydrogen-bond acceptors (Lipinski definition) is 3. The lowest BCUT2D eigenvalue weighted by molar-refractivity contribution is 0.106. The first-order valence-electron chi connectivity index (χ1n) is 14.0. The molecule has 1 aromatic rings. The Balaban J connectivity index is 1.49. The molecule has 0 aromatic heterocycles. The predicted molar refractivity (Wildman–Crippen MR) is 139 cm³/mol. The largest absolute Gasteiger partial charge is 0.387 e. The van der Waals surface area contributed by atoms with Crippen molar-refractivity contribution in [2.24, 2.45) is 0 Å². The number of unbranched alkanes of at least 4 members (excludes halogenated alkanes) is 13. The highest BCUT2D eigenvalue weighted by Gasteiger charge is 2.24. The molecule has 1 aliphatic heterocycles. The first kappa shape index (κ1) is 27.3. The average molecular weight is 445 g/mol. The predicted octanol–water partition coefficient (Wildman–Crippen LogP) is 7.26. The fraction of sp³-hybridized carbons (Fsp3) is 0.793. The number of aliphatic hydroxyl groups excluding tert-OH is 1. The van der Waals surface area contributed by atoms with Gasteiger partial charge in [-0.3, -0.25) is 0 Å². The van der Waals surface area contributed by atoms with Crippen molar-refractivity contribution in [1.82, 2.24) is 10.2 Å². The van der Waals surface area contributed by atoms with Gasteiger partial charge in [0.25, 0.3) is 0 Å². The minimum Gasteiger partial charge on any atom is -0.387 e. The van der Waals surface area contributed by atoms with E-state index >= 15 is 0 Å². The molecule has 1 fully saturated rings.